The lowest BCUT2D eigenvalue weighted by atomic mass is 10.2. The van der Waals surface area contributed by atoms with E-state index in [0.29, 0.717) is 13.0 Å². The van der Waals surface area contributed by atoms with Gasteiger partial charge >= 0.3 is 0 Å². The van der Waals surface area contributed by atoms with E-state index in [4.69, 9.17) is 0 Å². The fourth-order valence-corrected chi connectivity index (χ4v) is 1.72. The zero-order valence-electron chi connectivity index (χ0n) is 7.82. The van der Waals surface area contributed by atoms with Crippen molar-refractivity contribution in [2.75, 3.05) is 13.1 Å². The highest BCUT2D eigenvalue weighted by atomic mass is 79.9. The van der Waals surface area contributed by atoms with Crippen LogP contribution in [0.15, 0.2) is 16.9 Å². The van der Waals surface area contributed by atoms with Crippen molar-refractivity contribution >= 4 is 21.8 Å². The third kappa shape index (κ3) is 2.15. The van der Waals surface area contributed by atoms with Crippen LogP contribution < -0.4 is 0 Å². The van der Waals surface area contributed by atoms with Gasteiger partial charge in [-0.3, -0.25) is 9.48 Å². The van der Waals surface area contributed by atoms with Gasteiger partial charge in [0.25, 0.3) is 0 Å². The summed E-state index contributed by atoms with van der Waals surface area (Å²) < 4.78 is 2.73. The minimum atomic E-state index is 0.239. The first-order valence-corrected chi connectivity index (χ1v) is 5.51. The van der Waals surface area contributed by atoms with Crippen molar-refractivity contribution in [3.05, 3.63) is 16.9 Å². The number of hydrogen-bond acceptors (Lipinski definition) is 2. The zero-order valence-corrected chi connectivity index (χ0v) is 9.40. The summed E-state index contributed by atoms with van der Waals surface area (Å²) in [4.78, 5) is 13.4. The third-order valence-corrected chi connectivity index (χ3v) is 2.77. The summed E-state index contributed by atoms with van der Waals surface area (Å²) in [5, 5.41) is 4.09. The lowest BCUT2D eigenvalue weighted by molar-refractivity contribution is -0.134. The number of aromatic nitrogens is 2. The highest BCUT2D eigenvalue weighted by Crippen LogP contribution is 2.10. The van der Waals surface area contributed by atoms with E-state index in [1.54, 1.807) is 10.9 Å². The first-order chi connectivity index (χ1) is 6.75. The first kappa shape index (κ1) is 9.71. The second kappa shape index (κ2) is 4.13. The van der Waals surface area contributed by atoms with E-state index < -0.39 is 0 Å². The van der Waals surface area contributed by atoms with Gasteiger partial charge in [-0.2, -0.15) is 5.10 Å². The molecule has 4 nitrogen and oxygen atoms in total. The molecule has 1 aliphatic heterocycles. The molecule has 0 saturated carbocycles. The molecular formula is C9H12BrN3O. The summed E-state index contributed by atoms with van der Waals surface area (Å²) in [5.74, 6) is 0.239. The number of rotatable bonds is 3. The third-order valence-electron chi connectivity index (χ3n) is 2.37. The summed E-state index contributed by atoms with van der Waals surface area (Å²) in [6.45, 7) is 2.53. The smallest absolute Gasteiger partial charge is 0.224 e. The standard InChI is InChI=1S/C9H12BrN3O/c10-8-6-11-13(7-8)5-2-9(14)12-3-1-4-12/h6-7H,1-5H2. The van der Waals surface area contributed by atoms with E-state index in [1.807, 2.05) is 11.1 Å². The molecule has 0 atom stereocenters. The van der Waals surface area contributed by atoms with E-state index >= 15 is 0 Å². The molecule has 0 radical (unpaired) electrons. The maximum atomic E-state index is 11.5. The summed E-state index contributed by atoms with van der Waals surface area (Å²) in [5.41, 5.74) is 0. The Labute approximate surface area is 91.0 Å². The SMILES string of the molecule is O=C(CCn1cc(Br)cn1)N1CCC1. The number of nitrogens with zero attached hydrogens (tertiary/aromatic N) is 3. The van der Waals surface area contributed by atoms with Gasteiger partial charge in [0.2, 0.25) is 5.91 Å². The van der Waals surface area contributed by atoms with Crippen LogP contribution in [0.3, 0.4) is 0 Å². The Kier molecular flexibility index (Phi) is 2.86. The van der Waals surface area contributed by atoms with Gasteiger partial charge in [-0.05, 0) is 22.4 Å². The molecule has 1 aromatic rings. The summed E-state index contributed by atoms with van der Waals surface area (Å²) in [7, 11) is 0. The lowest BCUT2D eigenvalue weighted by Gasteiger charge is -2.30. The molecule has 1 amide bonds. The Balaban J connectivity index is 1.79. The average molecular weight is 258 g/mol. The predicted molar refractivity (Wildman–Crippen MR) is 55.7 cm³/mol. The molecule has 0 N–H and O–H groups in total. The van der Waals surface area contributed by atoms with Crippen molar-refractivity contribution < 1.29 is 4.79 Å². The van der Waals surface area contributed by atoms with E-state index in [9.17, 15) is 4.79 Å². The van der Waals surface area contributed by atoms with Crippen molar-refractivity contribution in [2.24, 2.45) is 0 Å². The van der Waals surface area contributed by atoms with Crippen LogP contribution in [-0.2, 0) is 11.3 Å². The van der Waals surface area contributed by atoms with Gasteiger partial charge in [-0.15, -0.1) is 0 Å². The zero-order chi connectivity index (χ0) is 9.97. The van der Waals surface area contributed by atoms with Crippen molar-refractivity contribution in [1.29, 1.82) is 0 Å². The van der Waals surface area contributed by atoms with Crippen LogP contribution in [0.4, 0.5) is 0 Å². The van der Waals surface area contributed by atoms with E-state index in [0.717, 1.165) is 24.0 Å². The van der Waals surface area contributed by atoms with Gasteiger partial charge in [0.05, 0.1) is 10.7 Å². The van der Waals surface area contributed by atoms with Crippen LogP contribution in [0.25, 0.3) is 0 Å². The Morgan fingerprint density at radius 2 is 2.36 bits per heavy atom. The fourth-order valence-electron chi connectivity index (χ4n) is 1.39. The molecule has 2 rings (SSSR count). The van der Waals surface area contributed by atoms with E-state index in [1.165, 1.54) is 0 Å². The van der Waals surface area contributed by atoms with Crippen LogP contribution in [0.1, 0.15) is 12.8 Å². The minimum absolute atomic E-state index is 0.239. The number of likely N-dealkylation sites (tertiary alicyclic amines) is 1. The van der Waals surface area contributed by atoms with Crippen LogP contribution in [0.5, 0.6) is 0 Å². The molecule has 0 unspecified atom stereocenters. The lowest BCUT2D eigenvalue weighted by Crippen LogP contribution is -2.42. The number of aryl methyl sites for hydroxylation is 1. The van der Waals surface area contributed by atoms with Crippen LogP contribution in [0, 0.1) is 0 Å². The minimum Gasteiger partial charge on any atom is -0.343 e. The van der Waals surface area contributed by atoms with Crippen molar-refractivity contribution in [3.8, 4) is 0 Å². The first-order valence-electron chi connectivity index (χ1n) is 4.71. The molecule has 1 saturated heterocycles. The summed E-state index contributed by atoms with van der Waals surface area (Å²) in [6, 6.07) is 0. The van der Waals surface area contributed by atoms with Gasteiger partial charge in [-0.1, -0.05) is 0 Å². The van der Waals surface area contributed by atoms with Crippen molar-refractivity contribution in [1.82, 2.24) is 14.7 Å². The van der Waals surface area contributed by atoms with E-state index in [-0.39, 0.29) is 5.91 Å². The predicted octanol–water partition coefficient (Wildman–Crippen LogP) is 1.27. The van der Waals surface area contributed by atoms with Crippen molar-refractivity contribution in [3.63, 3.8) is 0 Å². The molecule has 1 aromatic heterocycles. The molecule has 14 heavy (non-hydrogen) atoms. The molecule has 5 heteroatoms. The molecule has 1 aliphatic rings. The highest BCUT2D eigenvalue weighted by molar-refractivity contribution is 9.10. The van der Waals surface area contributed by atoms with Gasteiger partial charge in [0, 0.05) is 32.3 Å². The van der Waals surface area contributed by atoms with Crippen LogP contribution >= 0.6 is 15.9 Å². The van der Waals surface area contributed by atoms with Gasteiger partial charge in [-0.25, -0.2) is 0 Å². The molecule has 1 fully saturated rings. The summed E-state index contributed by atoms with van der Waals surface area (Å²) in [6.07, 6.45) is 5.31. The van der Waals surface area contributed by atoms with Crippen LogP contribution in [0.2, 0.25) is 0 Å². The monoisotopic (exact) mass is 257 g/mol. The van der Waals surface area contributed by atoms with Gasteiger partial charge in [0.1, 0.15) is 0 Å². The van der Waals surface area contributed by atoms with Gasteiger partial charge in [0.15, 0.2) is 0 Å². The average Bonchev–Trinajstić information content (AvgIpc) is 2.45. The second-order valence-electron chi connectivity index (χ2n) is 3.41. The Bertz CT molecular complexity index is 333. The number of hydrogen-bond donors (Lipinski definition) is 0. The summed E-state index contributed by atoms with van der Waals surface area (Å²) >= 11 is 3.31. The number of carbonyl (C=O) groups is 1. The maximum absolute atomic E-state index is 11.5. The quantitative estimate of drug-likeness (QED) is 0.818. The topological polar surface area (TPSA) is 38.1 Å². The van der Waals surface area contributed by atoms with E-state index in [2.05, 4.69) is 21.0 Å². The highest BCUT2D eigenvalue weighted by Gasteiger charge is 2.19. The Morgan fingerprint density at radius 3 is 2.86 bits per heavy atom. The molecular weight excluding hydrogens is 246 g/mol. The Morgan fingerprint density at radius 1 is 1.57 bits per heavy atom. The number of carbonyl (C=O) groups excluding carboxylic acids is 1. The number of amides is 1. The normalized spacial score (nSPS) is 15.4. The fraction of sp³-hybridized carbons (Fsp3) is 0.556. The molecule has 2 heterocycles. The molecule has 0 aromatic carbocycles. The van der Waals surface area contributed by atoms with Gasteiger partial charge < -0.3 is 4.90 Å². The number of halogens is 1. The largest absolute Gasteiger partial charge is 0.343 e. The molecule has 0 aliphatic carbocycles. The van der Waals surface area contributed by atoms with Crippen LogP contribution in [-0.4, -0.2) is 33.7 Å². The molecule has 0 spiro atoms. The maximum Gasteiger partial charge on any atom is 0.224 e. The molecule has 76 valence electrons. The van der Waals surface area contributed by atoms with Crippen molar-refractivity contribution in [2.45, 2.75) is 19.4 Å². The molecule has 0 bridgehead atoms. The second-order valence-corrected chi connectivity index (χ2v) is 4.32. The Hall–Kier alpha value is -0.840.